The Balaban J connectivity index is 1.64. The van der Waals surface area contributed by atoms with Gasteiger partial charge in [0.1, 0.15) is 18.5 Å². The van der Waals surface area contributed by atoms with Crippen LogP contribution >= 0.6 is 0 Å². The van der Waals surface area contributed by atoms with Crippen LogP contribution in [0.5, 0.6) is 5.75 Å². The fourth-order valence-corrected chi connectivity index (χ4v) is 3.70. The number of nitrogens with zero attached hydrogens (tertiary/aromatic N) is 3. The van der Waals surface area contributed by atoms with Crippen LogP contribution in [0.15, 0.2) is 72.1 Å². The predicted molar refractivity (Wildman–Crippen MR) is 128 cm³/mol. The molecule has 3 aromatic rings. The largest absolute Gasteiger partial charge is 0.491 e. The van der Waals surface area contributed by atoms with Gasteiger partial charge in [-0.2, -0.15) is 0 Å². The summed E-state index contributed by atoms with van der Waals surface area (Å²) in [5.74, 6) is 0.291. The lowest BCUT2D eigenvalue weighted by Crippen LogP contribution is -2.43. The fourth-order valence-electron chi connectivity index (χ4n) is 3.70. The lowest BCUT2D eigenvalue weighted by atomic mass is 10.0. The molecule has 8 nitrogen and oxygen atoms in total. The van der Waals surface area contributed by atoms with Crippen LogP contribution in [0.3, 0.4) is 0 Å². The van der Waals surface area contributed by atoms with Gasteiger partial charge in [-0.15, -0.1) is 5.10 Å². The average molecular weight is 446 g/mol. The molecular weight excluding hydrogens is 418 g/mol. The number of amidine groups is 1. The molecule has 1 atom stereocenters. The van der Waals surface area contributed by atoms with Crippen LogP contribution in [-0.4, -0.2) is 43.2 Å². The second kappa shape index (κ2) is 10.1. The number of anilines is 1. The van der Waals surface area contributed by atoms with Crippen LogP contribution in [0.1, 0.15) is 11.1 Å². The van der Waals surface area contributed by atoms with Gasteiger partial charge < -0.3 is 20.5 Å². The number of hydrazone groups is 1. The topological polar surface area (TPSA) is 102 Å². The van der Waals surface area contributed by atoms with E-state index in [2.05, 4.69) is 15.4 Å². The summed E-state index contributed by atoms with van der Waals surface area (Å²) in [6.45, 7) is 3.04. The third kappa shape index (κ3) is 5.30. The number of nitrogens with two attached hydrogens (primary N) is 1. The SMILES string of the molecule is COCCOc1ccc(C)c(-c2cncc(N3N=C(C(N)=O)NC3Cc3ccccc3)c2)c1. The highest BCUT2D eigenvalue weighted by molar-refractivity contribution is 6.38. The van der Waals surface area contributed by atoms with Crippen LogP contribution in [0.2, 0.25) is 0 Å². The second-order valence-corrected chi connectivity index (χ2v) is 7.76. The Kier molecular flexibility index (Phi) is 6.85. The molecule has 33 heavy (non-hydrogen) atoms. The van der Waals surface area contributed by atoms with Crippen molar-refractivity contribution in [1.82, 2.24) is 10.3 Å². The van der Waals surface area contributed by atoms with E-state index in [4.69, 9.17) is 15.2 Å². The first kappa shape index (κ1) is 22.3. The van der Waals surface area contributed by atoms with Gasteiger partial charge in [-0.1, -0.05) is 36.4 Å². The fraction of sp³-hybridized carbons (Fsp3) is 0.240. The number of primary amides is 1. The summed E-state index contributed by atoms with van der Waals surface area (Å²) < 4.78 is 10.8. The number of rotatable bonds is 9. The standard InChI is InChI=1S/C25H27N5O3/c1-17-8-9-21(33-11-10-32-2)14-22(17)19-13-20(16-27-15-19)30-23(28-25(29-30)24(26)31)12-18-6-4-3-5-7-18/h3-9,13-16,23H,10-12H2,1-2H3,(H2,26,31)(H,28,29). The lowest BCUT2D eigenvalue weighted by molar-refractivity contribution is -0.112. The number of benzene rings is 2. The Morgan fingerprint density at radius 1 is 1.12 bits per heavy atom. The molecule has 1 aliphatic rings. The van der Waals surface area contributed by atoms with Crippen molar-refractivity contribution < 1.29 is 14.3 Å². The molecule has 0 saturated carbocycles. The minimum Gasteiger partial charge on any atom is -0.491 e. The lowest BCUT2D eigenvalue weighted by Gasteiger charge is -2.24. The van der Waals surface area contributed by atoms with Gasteiger partial charge in [-0.25, -0.2) is 5.01 Å². The van der Waals surface area contributed by atoms with Crippen molar-refractivity contribution in [3.05, 3.63) is 78.1 Å². The van der Waals surface area contributed by atoms with E-state index in [0.29, 0.717) is 19.6 Å². The van der Waals surface area contributed by atoms with Gasteiger partial charge in [0.25, 0.3) is 5.91 Å². The first-order chi connectivity index (χ1) is 16.0. The van der Waals surface area contributed by atoms with Crippen LogP contribution in [-0.2, 0) is 16.0 Å². The Bertz CT molecular complexity index is 1150. The van der Waals surface area contributed by atoms with Crippen LogP contribution < -0.4 is 20.8 Å². The molecule has 1 amide bonds. The van der Waals surface area contributed by atoms with E-state index in [0.717, 1.165) is 33.7 Å². The number of aromatic nitrogens is 1. The van der Waals surface area contributed by atoms with Crippen molar-refractivity contribution in [2.45, 2.75) is 19.5 Å². The molecule has 0 spiro atoms. The van der Waals surface area contributed by atoms with E-state index in [-0.39, 0.29) is 12.0 Å². The van der Waals surface area contributed by atoms with Crippen LogP contribution in [0.4, 0.5) is 5.69 Å². The Labute approximate surface area is 193 Å². The highest BCUT2D eigenvalue weighted by Gasteiger charge is 2.30. The minimum absolute atomic E-state index is 0.131. The smallest absolute Gasteiger partial charge is 0.286 e. The van der Waals surface area contributed by atoms with E-state index < -0.39 is 5.91 Å². The molecule has 2 aromatic carbocycles. The zero-order valence-electron chi connectivity index (χ0n) is 18.7. The van der Waals surface area contributed by atoms with Gasteiger partial charge in [0.15, 0.2) is 0 Å². The molecule has 0 aliphatic carbocycles. The maximum atomic E-state index is 11.8. The van der Waals surface area contributed by atoms with Gasteiger partial charge in [-0.3, -0.25) is 9.78 Å². The molecule has 0 saturated heterocycles. The number of ether oxygens (including phenoxy) is 2. The molecule has 170 valence electrons. The molecular formula is C25H27N5O3. The van der Waals surface area contributed by atoms with E-state index in [1.807, 2.05) is 61.5 Å². The maximum Gasteiger partial charge on any atom is 0.286 e. The number of pyridine rings is 1. The van der Waals surface area contributed by atoms with Crippen LogP contribution in [0, 0.1) is 6.92 Å². The summed E-state index contributed by atoms with van der Waals surface area (Å²) in [4.78, 5) is 16.3. The van der Waals surface area contributed by atoms with Crippen LogP contribution in [0.25, 0.3) is 11.1 Å². The quantitative estimate of drug-likeness (QED) is 0.491. The van der Waals surface area contributed by atoms with Crippen molar-refractivity contribution in [1.29, 1.82) is 0 Å². The van der Waals surface area contributed by atoms with Crippen molar-refractivity contribution >= 4 is 17.4 Å². The highest BCUT2D eigenvalue weighted by atomic mass is 16.5. The molecule has 1 aliphatic heterocycles. The number of carbonyl (C=O) groups excluding carboxylic acids is 1. The Morgan fingerprint density at radius 2 is 1.94 bits per heavy atom. The van der Waals surface area contributed by atoms with Gasteiger partial charge in [0, 0.05) is 25.3 Å². The minimum atomic E-state index is -0.601. The number of methoxy groups -OCH3 is 1. The molecule has 3 N–H and O–H groups in total. The van der Waals surface area contributed by atoms with Crippen molar-refractivity contribution in [2.24, 2.45) is 10.8 Å². The first-order valence-corrected chi connectivity index (χ1v) is 10.7. The molecule has 2 heterocycles. The molecule has 1 aromatic heterocycles. The summed E-state index contributed by atoms with van der Waals surface area (Å²) in [6.07, 6.45) is 3.90. The third-order valence-electron chi connectivity index (χ3n) is 5.38. The summed E-state index contributed by atoms with van der Waals surface area (Å²) in [6, 6.07) is 18.0. The first-order valence-electron chi connectivity index (χ1n) is 10.7. The second-order valence-electron chi connectivity index (χ2n) is 7.76. The molecule has 0 fully saturated rings. The van der Waals surface area contributed by atoms with E-state index in [9.17, 15) is 4.79 Å². The monoisotopic (exact) mass is 445 g/mol. The number of hydrogen-bond donors (Lipinski definition) is 2. The predicted octanol–water partition coefficient (Wildman–Crippen LogP) is 2.86. The van der Waals surface area contributed by atoms with E-state index in [1.165, 1.54) is 0 Å². The van der Waals surface area contributed by atoms with Crippen molar-refractivity contribution in [3.8, 4) is 16.9 Å². The zero-order chi connectivity index (χ0) is 23.2. The Morgan fingerprint density at radius 3 is 2.70 bits per heavy atom. The Hall–Kier alpha value is -3.91. The normalized spacial score (nSPS) is 15.2. The summed E-state index contributed by atoms with van der Waals surface area (Å²) in [7, 11) is 1.64. The van der Waals surface area contributed by atoms with E-state index in [1.54, 1.807) is 24.5 Å². The van der Waals surface area contributed by atoms with Crippen molar-refractivity contribution in [3.63, 3.8) is 0 Å². The summed E-state index contributed by atoms with van der Waals surface area (Å²) >= 11 is 0. The van der Waals surface area contributed by atoms with Gasteiger partial charge in [0.05, 0.1) is 18.5 Å². The number of amides is 1. The summed E-state index contributed by atoms with van der Waals surface area (Å²) in [5.41, 5.74) is 10.4. The molecule has 4 rings (SSSR count). The summed E-state index contributed by atoms with van der Waals surface area (Å²) in [5, 5.41) is 9.35. The number of aryl methyl sites for hydroxylation is 1. The average Bonchev–Trinajstić information content (AvgIpc) is 3.25. The highest BCUT2D eigenvalue weighted by Crippen LogP contribution is 2.31. The zero-order valence-corrected chi connectivity index (χ0v) is 18.7. The van der Waals surface area contributed by atoms with Gasteiger partial charge in [0.2, 0.25) is 5.84 Å². The maximum absolute atomic E-state index is 11.8. The van der Waals surface area contributed by atoms with Crippen molar-refractivity contribution in [2.75, 3.05) is 25.3 Å². The van der Waals surface area contributed by atoms with Gasteiger partial charge >= 0.3 is 0 Å². The van der Waals surface area contributed by atoms with E-state index >= 15 is 0 Å². The number of carbonyl (C=O) groups is 1. The molecule has 0 bridgehead atoms. The third-order valence-corrected chi connectivity index (χ3v) is 5.38. The molecule has 8 heteroatoms. The number of nitrogens with one attached hydrogen (secondary N) is 1. The number of hydrogen-bond acceptors (Lipinski definition) is 7. The molecule has 1 unspecified atom stereocenters. The van der Waals surface area contributed by atoms with Gasteiger partial charge in [-0.05, 0) is 41.8 Å². The molecule has 0 radical (unpaired) electrons.